The standard InChI is InChI=1S/C13H22ClN3O2/c1-5-17-11(13(14)10(4)15-17)8-16(9(2)3)7-6-12(18)19/h9H,5-8H2,1-4H3,(H,18,19). The highest BCUT2D eigenvalue weighted by molar-refractivity contribution is 6.31. The molecule has 0 unspecified atom stereocenters. The van der Waals surface area contributed by atoms with Crippen molar-refractivity contribution in [2.24, 2.45) is 0 Å². The average Bonchev–Trinajstić information content (AvgIpc) is 2.60. The van der Waals surface area contributed by atoms with Crippen LogP contribution in [0.25, 0.3) is 0 Å². The van der Waals surface area contributed by atoms with E-state index in [-0.39, 0.29) is 12.5 Å². The van der Waals surface area contributed by atoms with Crippen LogP contribution in [0.3, 0.4) is 0 Å². The maximum absolute atomic E-state index is 10.7. The van der Waals surface area contributed by atoms with Crippen LogP contribution in [0.2, 0.25) is 5.02 Å². The number of halogens is 1. The molecule has 0 radical (unpaired) electrons. The van der Waals surface area contributed by atoms with E-state index in [2.05, 4.69) is 23.8 Å². The largest absolute Gasteiger partial charge is 0.481 e. The van der Waals surface area contributed by atoms with Crippen molar-refractivity contribution in [3.05, 3.63) is 16.4 Å². The lowest BCUT2D eigenvalue weighted by Gasteiger charge is -2.26. The third kappa shape index (κ3) is 4.21. The first-order valence-electron chi connectivity index (χ1n) is 6.54. The number of aliphatic carboxylic acids is 1. The zero-order valence-electron chi connectivity index (χ0n) is 12.0. The second-order valence-electron chi connectivity index (χ2n) is 4.87. The summed E-state index contributed by atoms with van der Waals surface area (Å²) < 4.78 is 1.88. The number of carboxylic acid groups (broad SMARTS) is 1. The summed E-state index contributed by atoms with van der Waals surface area (Å²) in [6.45, 7) is 9.90. The van der Waals surface area contributed by atoms with E-state index in [1.807, 2.05) is 18.5 Å². The number of carboxylic acids is 1. The summed E-state index contributed by atoms with van der Waals surface area (Å²) in [6, 6.07) is 0.260. The molecule has 6 heteroatoms. The molecule has 0 bridgehead atoms. The van der Waals surface area contributed by atoms with Gasteiger partial charge in [-0.2, -0.15) is 5.10 Å². The minimum atomic E-state index is -0.781. The molecule has 0 aliphatic carbocycles. The van der Waals surface area contributed by atoms with Crippen LogP contribution in [0.1, 0.15) is 38.6 Å². The number of carbonyl (C=O) groups is 1. The van der Waals surface area contributed by atoms with Gasteiger partial charge in [-0.1, -0.05) is 11.6 Å². The highest BCUT2D eigenvalue weighted by Crippen LogP contribution is 2.22. The lowest BCUT2D eigenvalue weighted by Crippen LogP contribution is -2.33. The summed E-state index contributed by atoms with van der Waals surface area (Å²) in [5.41, 5.74) is 1.78. The van der Waals surface area contributed by atoms with E-state index in [1.54, 1.807) is 0 Å². The van der Waals surface area contributed by atoms with Crippen LogP contribution in [-0.2, 0) is 17.9 Å². The Morgan fingerprint density at radius 1 is 1.53 bits per heavy atom. The first kappa shape index (κ1) is 16.0. The molecule has 0 aliphatic heterocycles. The molecule has 0 saturated heterocycles. The van der Waals surface area contributed by atoms with Crippen LogP contribution >= 0.6 is 11.6 Å². The molecule has 5 nitrogen and oxygen atoms in total. The Labute approximate surface area is 119 Å². The molecule has 1 aromatic rings. The quantitative estimate of drug-likeness (QED) is 0.837. The van der Waals surface area contributed by atoms with Gasteiger partial charge in [-0.15, -0.1) is 0 Å². The first-order valence-corrected chi connectivity index (χ1v) is 6.92. The van der Waals surface area contributed by atoms with Gasteiger partial charge in [-0.05, 0) is 27.7 Å². The van der Waals surface area contributed by atoms with Crippen molar-refractivity contribution < 1.29 is 9.90 Å². The summed E-state index contributed by atoms with van der Waals surface area (Å²) in [6.07, 6.45) is 0.134. The Kier molecular flexibility index (Phi) is 5.82. The topological polar surface area (TPSA) is 58.4 Å². The molecule has 1 rings (SSSR count). The van der Waals surface area contributed by atoms with Crippen LogP contribution in [0.15, 0.2) is 0 Å². The lowest BCUT2D eigenvalue weighted by molar-refractivity contribution is -0.137. The Hall–Kier alpha value is -1.07. The fraction of sp³-hybridized carbons (Fsp3) is 0.692. The highest BCUT2D eigenvalue weighted by Gasteiger charge is 2.18. The monoisotopic (exact) mass is 287 g/mol. The zero-order chi connectivity index (χ0) is 14.6. The molecule has 0 spiro atoms. The van der Waals surface area contributed by atoms with Crippen LogP contribution < -0.4 is 0 Å². The first-order chi connectivity index (χ1) is 8.86. The van der Waals surface area contributed by atoms with Crippen LogP contribution in [0.5, 0.6) is 0 Å². The summed E-state index contributed by atoms with van der Waals surface area (Å²) in [7, 11) is 0. The minimum Gasteiger partial charge on any atom is -0.481 e. The molecule has 0 saturated carbocycles. The highest BCUT2D eigenvalue weighted by atomic mass is 35.5. The third-order valence-electron chi connectivity index (χ3n) is 3.15. The number of nitrogens with zero attached hydrogens (tertiary/aromatic N) is 3. The van der Waals surface area contributed by atoms with Crippen molar-refractivity contribution in [1.82, 2.24) is 14.7 Å². The fourth-order valence-electron chi connectivity index (χ4n) is 1.97. The molecule has 1 aromatic heterocycles. The molecule has 19 heavy (non-hydrogen) atoms. The van der Waals surface area contributed by atoms with E-state index in [4.69, 9.17) is 16.7 Å². The maximum Gasteiger partial charge on any atom is 0.304 e. The van der Waals surface area contributed by atoms with Crippen molar-refractivity contribution in [1.29, 1.82) is 0 Å². The third-order valence-corrected chi connectivity index (χ3v) is 3.64. The second-order valence-corrected chi connectivity index (χ2v) is 5.25. The Balaban J connectivity index is 2.87. The molecule has 1 N–H and O–H groups in total. The maximum atomic E-state index is 10.7. The normalized spacial score (nSPS) is 11.5. The van der Waals surface area contributed by atoms with E-state index >= 15 is 0 Å². The Morgan fingerprint density at radius 3 is 2.63 bits per heavy atom. The molecular weight excluding hydrogens is 266 g/mol. The van der Waals surface area contributed by atoms with Gasteiger partial charge in [0.25, 0.3) is 0 Å². The fourth-order valence-corrected chi connectivity index (χ4v) is 2.17. The van der Waals surface area contributed by atoms with Crippen molar-refractivity contribution in [3.8, 4) is 0 Å². The number of hydrogen-bond donors (Lipinski definition) is 1. The molecule has 0 aliphatic rings. The number of aryl methyl sites for hydroxylation is 2. The molecule has 0 amide bonds. The number of aromatic nitrogens is 2. The SMILES string of the molecule is CCn1nc(C)c(Cl)c1CN(CCC(=O)O)C(C)C. The average molecular weight is 288 g/mol. The number of hydrogen-bond acceptors (Lipinski definition) is 3. The van der Waals surface area contributed by atoms with Gasteiger partial charge in [0, 0.05) is 25.7 Å². The molecule has 0 aromatic carbocycles. The van der Waals surface area contributed by atoms with Gasteiger partial charge < -0.3 is 5.11 Å². The van der Waals surface area contributed by atoms with Crippen molar-refractivity contribution >= 4 is 17.6 Å². The van der Waals surface area contributed by atoms with E-state index in [0.29, 0.717) is 18.1 Å². The molecule has 0 atom stereocenters. The van der Waals surface area contributed by atoms with Gasteiger partial charge in [-0.25, -0.2) is 0 Å². The van der Waals surface area contributed by atoms with Gasteiger partial charge >= 0.3 is 5.97 Å². The molecule has 1 heterocycles. The second kappa shape index (κ2) is 6.91. The van der Waals surface area contributed by atoms with Gasteiger partial charge in [-0.3, -0.25) is 14.4 Å². The van der Waals surface area contributed by atoms with Crippen LogP contribution in [0.4, 0.5) is 0 Å². The number of rotatable bonds is 7. The summed E-state index contributed by atoms with van der Waals surface area (Å²) in [4.78, 5) is 12.8. The van der Waals surface area contributed by atoms with Crippen molar-refractivity contribution in [2.45, 2.75) is 53.2 Å². The molecule has 0 fully saturated rings. The molecule has 108 valence electrons. The van der Waals surface area contributed by atoms with Crippen LogP contribution in [-0.4, -0.2) is 38.3 Å². The summed E-state index contributed by atoms with van der Waals surface area (Å²) >= 11 is 6.28. The smallest absolute Gasteiger partial charge is 0.304 e. The van der Waals surface area contributed by atoms with Gasteiger partial charge in [0.1, 0.15) is 0 Å². The lowest BCUT2D eigenvalue weighted by atomic mass is 10.2. The van der Waals surface area contributed by atoms with E-state index in [1.165, 1.54) is 0 Å². The van der Waals surface area contributed by atoms with Gasteiger partial charge in [0.15, 0.2) is 0 Å². The Morgan fingerprint density at radius 2 is 2.16 bits per heavy atom. The zero-order valence-corrected chi connectivity index (χ0v) is 12.7. The summed E-state index contributed by atoms with van der Waals surface area (Å²) in [5, 5.41) is 13.9. The minimum absolute atomic E-state index is 0.134. The predicted molar refractivity (Wildman–Crippen MR) is 75.4 cm³/mol. The van der Waals surface area contributed by atoms with Crippen molar-refractivity contribution in [3.63, 3.8) is 0 Å². The summed E-state index contributed by atoms with van der Waals surface area (Å²) in [5.74, 6) is -0.781. The van der Waals surface area contributed by atoms with E-state index in [9.17, 15) is 4.79 Å². The van der Waals surface area contributed by atoms with Crippen molar-refractivity contribution in [2.75, 3.05) is 6.54 Å². The van der Waals surface area contributed by atoms with E-state index in [0.717, 1.165) is 17.9 Å². The van der Waals surface area contributed by atoms with E-state index < -0.39 is 5.97 Å². The Bertz CT molecular complexity index is 443. The van der Waals surface area contributed by atoms with Gasteiger partial charge in [0.2, 0.25) is 0 Å². The predicted octanol–water partition coefficient (Wildman–Crippen LogP) is 2.55. The van der Waals surface area contributed by atoms with Gasteiger partial charge in [0.05, 0.1) is 22.8 Å². The molecular formula is C13H22ClN3O2. The van der Waals surface area contributed by atoms with Crippen LogP contribution in [0, 0.1) is 6.92 Å².